The van der Waals surface area contributed by atoms with Crippen LogP contribution in [0.2, 0.25) is 0 Å². The molecular formula is C11H16ClNO. The van der Waals surface area contributed by atoms with Gasteiger partial charge in [0, 0.05) is 12.8 Å². The predicted molar refractivity (Wildman–Crippen MR) is 51.7 cm³/mol. The van der Waals surface area contributed by atoms with Crippen molar-refractivity contribution in [1.29, 1.82) is 0 Å². The second-order valence-electron chi connectivity index (χ2n) is 3.74. The lowest BCUT2D eigenvalue weighted by molar-refractivity contribution is -0.421. The first-order chi connectivity index (χ1) is 6.29. The molecule has 0 saturated heterocycles. The fourth-order valence-electron chi connectivity index (χ4n) is 1.93. The van der Waals surface area contributed by atoms with Crippen molar-refractivity contribution in [3.05, 3.63) is 29.3 Å². The summed E-state index contributed by atoms with van der Waals surface area (Å²) in [5.41, 5.74) is 7.00. The van der Waals surface area contributed by atoms with Crippen LogP contribution in [0.25, 0.3) is 0 Å². The van der Waals surface area contributed by atoms with Crippen LogP contribution in [0, 0.1) is 0 Å². The van der Waals surface area contributed by atoms with Gasteiger partial charge in [-0.15, -0.1) is 0 Å². The fraction of sp³-hybridized carbons (Fsp3) is 0.455. The van der Waals surface area contributed by atoms with Crippen molar-refractivity contribution >= 4 is 0 Å². The van der Waals surface area contributed by atoms with Crippen molar-refractivity contribution in [3.8, 4) is 5.75 Å². The molecule has 0 amide bonds. The molecule has 0 aliphatic heterocycles. The molecule has 0 fully saturated rings. The van der Waals surface area contributed by atoms with E-state index in [1.807, 2.05) is 6.07 Å². The summed E-state index contributed by atoms with van der Waals surface area (Å²) in [6.07, 6.45) is 3.49. The van der Waals surface area contributed by atoms with E-state index in [-0.39, 0.29) is 12.4 Å². The maximum atomic E-state index is 5.19. The van der Waals surface area contributed by atoms with E-state index >= 15 is 0 Å². The normalized spacial score (nSPS) is 19.4. The van der Waals surface area contributed by atoms with Gasteiger partial charge < -0.3 is 22.9 Å². The zero-order valence-corrected chi connectivity index (χ0v) is 9.18. The average molecular weight is 214 g/mol. The SMILES string of the molecule is COc1ccc2c(c1)CCC([NH3+])C2.[Cl-]. The lowest BCUT2D eigenvalue weighted by Gasteiger charge is -2.19. The molecule has 0 aromatic heterocycles. The van der Waals surface area contributed by atoms with Crippen LogP contribution >= 0.6 is 0 Å². The lowest BCUT2D eigenvalue weighted by atomic mass is 9.89. The molecule has 14 heavy (non-hydrogen) atoms. The summed E-state index contributed by atoms with van der Waals surface area (Å²) in [6.45, 7) is 0. The maximum Gasteiger partial charge on any atom is 0.119 e. The molecule has 3 heteroatoms. The minimum Gasteiger partial charge on any atom is -1.00 e. The lowest BCUT2D eigenvalue weighted by Crippen LogP contribution is -3.00. The van der Waals surface area contributed by atoms with Crippen LogP contribution in [-0.2, 0) is 12.8 Å². The van der Waals surface area contributed by atoms with Gasteiger partial charge in [-0.3, -0.25) is 0 Å². The molecule has 78 valence electrons. The number of benzene rings is 1. The summed E-state index contributed by atoms with van der Waals surface area (Å²) in [5.74, 6) is 0.973. The molecule has 0 saturated carbocycles. The summed E-state index contributed by atoms with van der Waals surface area (Å²) < 4.78 is 5.19. The van der Waals surface area contributed by atoms with Crippen LogP contribution < -0.4 is 22.9 Å². The molecule has 0 bridgehead atoms. The molecule has 1 aromatic rings. The molecule has 2 rings (SSSR count). The number of rotatable bonds is 1. The van der Waals surface area contributed by atoms with E-state index in [0.29, 0.717) is 6.04 Å². The third-order valence-electron chi connectivity index (χ3n) is 2.74. The van der Waals surface area contributed by atoms with E-state index in [1.54, 1.807) is 7.11 Å². The van der Waals surface area contributed by atoms with Gasteiger partial charge in [0.2, 0.25) is 0 Å². The maximum absolute atomic E-state index is 5.19. The van der Waals surface area contributed by atoms with Gasteiger partial charge in [-0.2, -0.15) is 0 Å². The molecule has 2 nitrogen and oxygen atoms in total. The first kappa shape index (κ1) is 11.3. The van der Waals surface area contributed by atoms with Crippen molar-refractivity contribution in [1.82, 2.24) is 0 Å². The van der Waals surface area contributed by atoms with E-state index in [1.165, 1.54) is 17.5 Å². The van der Waals surface area contributed by atoms with Crippen LogP contribution in [0.5, 0.6) is 5.75 Å². The van der Waals surface area contributed by atoms with Gasteiger partial charge in [0.25, 0.3) is 0 Å². The number of methoxy groups -OCH3 is 1. The number of ether oxygens (including phenoxy) is 1. The van der Waals surface area contributed by atoms with Gasteiger partial charge in [-0.25, -0.2) is 0 Å². The van der Waals surface area contributed by atoms with Crippen molar-refractivity contribution < 1.29 is 22.9 Å². The smallest absolute Gasteiger partial charge is 0.119 e. The third kappa shape index (κ3) is 2.20. The van der Waals surface area contributed by atoms with Crippen molar-refractivity contribution in [2.75, 3.05) is 7.11 Å². The van der Waals surface area contributed by atoms with Crippen LogP contribution in [0.4, 0.5) is 0 Å². The summed E-state index contributed by atoms with van der Waals surface area (Å²) in [6, 6.07) is 6.96. The van der Waals surface area contributed by atoms with Crippen molar-refractivity contribution in [3.63, 3.8) is 0 Å². The molecule has 1 aliphatic carbocycles. The van der Waals surface area contributed by atoms with Gasteiger partial charge in [-0.05, 0) is 29.7 Å². The van der Waals surface area contributed by atoms with Gasteiger partial charge >= 0.3 is 0 Å². The standard InChI is InChI=1S/C11H15NO.ClH/c1-13-11-5-3-8-6-10(12)4-2-9(8)7-11;/h3,5,7,10H,2,4,6,12H2,1H3;1H. The Hall–Kier alpha value is -0.730. The van der Waals surface area contributed by atoms with Gasteiger partial charge in [0.15, 0.2) is 0 Å². The van der Waals surface area contributed by atoms with Crippen LogP contribution in [0.15, 0.2) is 18.2 Å². The van der Waals surface area contributed by atoms with Crippen molar-refractivity contribution in [2.24, 2.45) is 0 Å². The number of hydrogen-bond acceptors (Lipinski definition) is 1. The molecule has 1 aromatic carbocycles. The number of halogens is 1. The second-order valence-corrected chi connectivity index (χ2v) is 3.74. The Balaban J connectivity index is 0.000000980. The molecule has 0 radical (unpaired) electrons. The number of hydrogen-bond donors (Lipinski definition) is 1. The highest BCUT2D eigenvalue weighted by molar-refractivity contribution is 5.37. The Morgan fingerprint density at radius 3 is 2.86 bits per heavy atom. The topological polar surface area (TPSA) is 36.9 Å². The molecule has 1 aliphatic rings. The fourth-order valence-corrected chi connectivity index (χ4v) is 1.93. The predicted octanol–water partition coefficient (Wildman–Crippen LogP) is -2.20. The monoisotopic (exact) mass is 213 g/mol. The van der Waals surface area contributed by atoms with Crippen LogP contribution in [0.1, 0.15) is 17.5 Å². The Labute approximate surface area is 90.9 Å². The van der Waals surface area contributed by atoms with Crippen LogP contribution in [0.3, 0.4) is 0 Å². The average Bonchev–Trinajstić information content (AvgIpc) is 2.17. The number of fused-ring (bicyclic) bond motifs is 1. The molecular weight excluding hydrogens is 198 g/mol. The first-order valence-electron chi connectivity index (χ1n) is 4.78. The molecule has 0 spiro atoms. The van der Waals surface area contributed by atoms with E-state index in [2.05, 4.69) is 17.9 Å². The van der Waals surface area contributed by atoms with Gasteiger partial charge in [0.05, 0.1) is 13.2 Å². The van der Waals surface area contributed by atoms with Gasteiger partial charge in [0.1, 0.15) is 5.75 Å². The number of aryl methyl sites for hydroxylation is 1. The summed E-state index contributed by atoms with van der Waals surface area (Å²) in [5, 5.41) is 0. The minimum atomic E-state index is 0. The largest absolute Gasteiger partial charge is 1.00 e. The molecule has 1 atom stereocenters. The Bertz CT molecular complexity index is 314. The summed E-state index contributed by atoms with van der Waals surface area (Å²) >= 11 is 0. The first-order valence-corrected chi connectivity index (χ1v) is 4.78. The summed E-state index contributed by atoms with van der Waals surface area (Å²) in [7, 11) is 1.72. The highest BCUT2D eigenvalue weighted by atomic mass is 35.5. The highest BCUT2D eigenvalue weighted by Gasteiger charge is 2.17. The number of quaternary nitrogens is 1. The second kappa shape index (κ2) is 4.67. The zero-order chi connectivity index (χ0) is 9.26. The Morgan fingerprint density at radius 1 is 1.36 bits per heavy atom. The third-order valence-corrected chi connectivity index (χ3v) is 2.74. The Morgan fingerprint density at radius 2 is 2.14 bits per heavy atom. The van der Waals surface area contributed by atoms with Gasteiger partial charge in [-0.1, -0.05) is 6.07 Å². The summed E-state index contributed by atoms with van der Waals surface area (Å²) in [4.78, 5) is 0. The van der Waals surface area contributed by atoms with Crippen LogP contribution in [-0.4, -0.2) is 13.2 Å². The Kier molecular flexibility index (Phi) is 3.78. The zero-order valence-electron chi connectivity index (χ0n) is 8.42. The molecule has 1 unspecified atom stereocenters. The van der Waals surface area contributed by atoms with E-state index < -0.39 is 0 Å². The molecule has 3 N–H and O–H groups in total. The van der Waals surface area contributed by atoms with E-state index in [9.17, 15) is 0 Å². The van der Waals surface area contributed by atoms with Crippen molar-refractivity contribution in [2.45, 2.75) is 25.3 Å². The van der Waals surface area contributed by atoms with E-state index in [0.717, 1.165) is 18.6 Å². The molecule has 0 heterocycles. The van der Waals surface area contributed by atoms with E-state index in [4.69, 9.17) is 4.74 Å². The highest BCUT2D eigenvalue weighted by Crippen LogP contribution is 2.24. The minimum absolute atomic E-state index is 0. The quantitative estimate of drug-likeness (QED) is 0.565.